The fourth-order valence-electron chi connectivity index (χ4n) is 4.92. The zero-order valence-corrected chi connectivity index (χ0v) is 18.9. The van der Waals surface area contributed by atoms with Crippen molar-refractivity contribution >= 4 is 0 Å². The monoisotopic (exact) mass is 524 g/mol. The number of rotatable bonds is 7. The fraction of sp³-hybridized carbons (Fsp3) is 0.810. The van der Waals surface area contributed by atoms with Crippen molar-refractivity contribution in [1.29, 1.82) is 0 Å². The van der Waals surface area contributed by atoms with Crippen molar-refractivity contribution in [2.45, 2.75) is 79.4 Å². The van der Waals surface area contributed by atoms with Gasteiger partial charge in [-0.2, -0.15) is 0 Å². The minimum Gasteiger partial charge on any atom is -0.472 e. The molecule has 0 saturated carbocycles. The molecule has 10 N–H and O–H groups in total. The lowest BCUT2D eigenvalue weighted by atomic mass is 9.82. The third-order valence-corrected chi connectivity index (χ3v) is 7.00. The van der Waals surface area contributed by atoms with Gasteiger partial charge < -0.3 is 74.7 Å². The second-order valence-electron chi connectivity index (χ2n) is 9.13. The standard InChI is InChI=1S/C21H32O15/c22-4-7-3-10(25)21(36-20-17(31)15(29)13(27)9(6-24)34-20)1-2-32-18(11(7)21)35-19-16(30)14(28)12(26)8(5-23)33-19/h1-3,8-20,22-31H,4-6H2/t8-,9-,10-,11?,12-,13-,14-,15+,16+,17+,18-,19+,20+,21+/m1/s1. The van der Waals surface area contributed by atoms with Gasteiger partial charge >= 0.3 is 0 Å². The van der Waals surface area contributed by atoms with E-state index < -0.39 is 105 Å². The molecule has 0 aromatic carbocycles. The molecule has 0 bridgehead atoms. The molecule has 3 aliphatic heterocycles. The first-order chi connectivity index (χ1) is 17.1. The molecule has 2 saturated heterocycles. The van der Waals surface area contributed by atoms with Crippen LogP contribution in [0.25, 0.3) is 0 Å². The Hall–Kier alpha value is -1.28. The number of aliphatic hydroxyl groups excluding tert-OH is 10. The molecule has 15 nitrogen and oxygen atoms in total. The summed E-state index contributed by atoms with van der Waals surface area (Å²) >= 11 is 0. The maximum atomic E-state index is 10.9. The molecule has 1 aliphatic carbocycles. The van der Waals surface area contributed by atoms with Gasteiger partial charge in [0.2, 0.25) is 6.29 Å². The molecule has 0 aromatic rings. The summed E-state index contributed by atoms with van der Waals surface area (Å²) in [4.78, 5) is 0. The summed E-state index contributed by atoms with van der Waals surface area (Å²) in [6.07, 6.45) is -15.6. The van der Waals surface area contributed by atoms with Gasteiger partial charge in [-0.15, -0.1) is 0 Å². The minimum absolute atomic E-state index is 0.158. The smallest absolute Gasteiger partial charge is 0.211 e. The summed E-state index contributed by atoms with van der Waals surface area (Å²) in [5, 5.41) is 101. The van der Waals surface area contributed by atoms with Gasteiger partial charge in [0, 0.05) is 0 Å². The predicted molar refractivity (Wildman–Crippen MR) is 111 cm³/mol. The van der Waals surface area contributed by atoms with Gasteiger partial charge in [-0.3, -0.25) is 0 Å². The summed E-state index contributed by atoms with van der Waals surface area (Å²) in [5.74, 6) is -1.16. The highest BCUT2D eigenvalue weighted by molar-refractivity contribution is 5.34. The van der Waals surface area contributed by atoms with Crippen molar-refractivity contribution in [3.8, 4) is 0 Å². The molecule has 3 heterocycles. The molecule has 4 aliphatic rings. The Kier molecular flexibility index (Phi) is 8.35. The maximum absolute atomic E-state index is 10.9. The molecule has 2 fully saturated rings. The van der Waals surface area contributed by atoms with Gasteiger partial charge in [-0.25, -0.2) is 0 Å². The summed E-state index contributed by atoms with van der Waals surface area (Å²) in [6.45, 7) is -2.02. The predicted octanol–water partition coefficient (Wildman–Crippen LogP) is -5.86. The number of fused-ring (bicyclic) bond motifs is 1. The molecule has 206 valence electrons. The molecule has 4 rings (SSSR count). The Morgan fingerprint density at radius 2 is 1.28 bits per heavy atom. The number of hydrogen-bond donors (Lipinski definition) is 10. The number of hydrogen-bond acceptors (Lipinski definition) is 15. The van der Waals surface area contributed by atoms with E-state index in [0.717, 1.165) is 6.26 Å². The summed E-state index contributed by atoms with van der Waals surface area (Å²) in [5.41, 5.74) is -1.67. The third kappa shape index (κ3) is 4.59. The highest BCUT2D eigenvalue weighted by Gasteiger charge is 2.60. The van der Waals surface area contributed by atoms with Gasteiger partial charge in [0.1, 0.15) is 60.5 Å². The molecular formula is C21H32O15. The third-order valence-electron chi connectivity index (χ3n) is 7.00. The Morgan fingerprint density at radius 3 is 1.83 bits per heavy atom. The van der Waals surface area contributed by atoms with Crippen LogP contribution in [0.5, 0.6) is 0 Å². The summed E-state index contributed by atoms with van der Waals surface area (Å²) < 4.78 is 27.9. The molecule has 36 heavy (non-hydrogen) atoms. The van der Waals surface area contributed by atoms with Crippen molar-refractivity contribution in [1.82, 2.24) is 0 Å². The molecule has 0 aromatic heterocycles. The molecular weight excluding hydrogens is 492 g/mol. The molecule has 0 radical (unpaired) electrons. The van der Waals surface area contributed by atoms with Gasteiger partial charge in [-0.1, -0.05) is 6.08 Å². The SMILES string of the molecule is OCC1=C[C@@H](O)[C@@]2(O[C@@H]3O[C@H](CO)[C@@H](O)[C@H](O)[C@@H]3O)C=CO[C@H](O[C@@H]3O[C@H](CO)[C@@H](O)[C@@H](O)[C@@H]3O)C12. The van der Waals surface area contributed by atoms with Crippen LogP contribution in [0.4, 0.5) is 0 Å². The number of ether oxygens (including phenoxy) is 5. The van der Waals surface area contributed by atoms with Crippen LogP contribution in [0.2, 0.25) is 0 Å². The summed E-state index contributed by atoms with van der Waals surface area (Å²) in [6, 6.07) is 0. The zero-order chi connectivity index (χ0) is 26.4. The highest BCUT2D eigenvalue weighted by Crippen LogP contribution is 2.47. The Bertz CT molecular complexity index is 819. The van der Waals surface area contributed by atoms with Crippen LogP contribution in [0, 0.1) is 5.92 Å². The van der Waals surface area contributed by atoms with Gasteiger partial charge in [0.25, 0.3) is 0 Å². The van der Waals surface area contributed by atoms with E-state index in [1.165, 1.54) is 12.2 Å². The average molecular weight is 524 g/mol. The Morgan fingerprint density at radius 1 is 0.722 bits per heavy atom. The van der Waals surface area contributed by atoms with Crippen molar-refractivity contribution < 1.29 is 74.7 Å². The second kappa shape index (κ2) is 10.8. The normalized spacial score (nSPS) is 50.9. The lowest BCUT2D eigenvalue weighted by Crippen LogP contribution is -2.64. The van der Waals surface area contributed by atoms with Crippen LogP contribution in [-0.2, 0) is 23.7 Å². The van der Waals surface area contributed by atoms with Crippen molar-refractivity contribution in [3.63, 3.8) is 0 Å². The van der Waals surface area contributed by atoms with E-state index in [0.29, 0.717) is 0 Å². The first-order valence-corrected chi connectivity index (χ1v) is 11.4. The Labute approximate surface area is 204 Å². The van der Waals surface area contributed by atoms with Gasteiger partial charge in [0.05, 0.1) is 32.0 Å². The summed E-state index contributed by atoms with van der Waals surface area (Å²) in [7, 11) is 0. The maximum Gasteiger partial charge on any atom is 0.211 e. The second-order valence-corrected chi connectivity index (χ2v) is 9.13. The van der Waals surface area contributed by atoms with E-state index in [9.17, 15) is 51.1 Å². The van der Waals surface area contributed by atoms with Crippen LogP contribution in [0.15, 0.2) is 24.0 Å². The zero-order valence-electron chi connectivity index (χ0n) is 18.9. The minimum atomic E-state index is -1.83. The lowest BCUT2D eigenvalue weighted by molar-refractivity contribution is -0.362. The van der Waals surface area contributed by atoms with Crippen LogP contribution >= 0.6 is 0 Å². The van der Waals surface area contributed by atoms with Crippen molar-refractivity contribution in [2.24, 2.45) is 5.92 Å². The average Bonchev–Trinajstić information content (AvgIpc) is 3.16. The lowest BCUT2D eigenvalue weighted by Gasteiger charge is -2.48. The van der Waals surface area contributed by atoms with E-state index in [1.807, 2.05) is 0 Å². The van der Waals surface area contributed by atoms with Gasteiger partial charge in [-0.05, 0) is 11.6 Å². The van der Waals surface area contributed by atoms with E-state index in [-0.39, 0.29) is 5.57 Å². The fourth-order valence-corrected chi connectivity index (χ4v) is 4.92. The number of aliphatic hydroxyl groups is 10. The molecule has 1 unspecified atom stereocenters. The molecule has 0 amide bonds. The van der Waals surface area contributed by atoms with E-state index in [4.69, 9.17) is 23.7 Å². The quantitative estimate of drug-likeness (QED) is 0.139. The van der Waals surface area contributed by atoms with E-state index in [1.54, 1.807) is 0 Å². The van der Waals surface area contributed by atoms with E-state index >= 15 is 0 Å². The van der Waals surface area contributed by atoms with Crippen LogP contribution in [0.3, 0.4) is 0 Å². The van der Waals surface area contributed by atoms with Crippen LogP contribution in [0.1, 0.15) is 0 Å². The van der Waals surface area contributed by atoms with Gasteiger partial charge in [0.15, 0.2) is 12.6 Å². The highest BCUT2D eigenvalue weighted by atomic mass is 16.8. The van der Waals surface area contributed by atoms with E-state index in [2.05, 4.69) is 0 Å². The first-order valence-electron chi connectivity index (χ1n) is 11.4. The molecule has 15 heteroatoms. The first kappa shape index (κ1) is 27.7. The van der Waals surface area contributed by atoms with Crippen LogP contribution < -0.4 is 0 Å². The molecule has 0 spiro atoms. The molecule has 14 atom stereocenters. The largest absolute Gasteiger partial charge is 0.472 e. The van der Waals surface area contributed by atoms with Crippen LogP contribution in [-0.4, -0.2) is 150 Å². The Balaban J connectivity index is 1.60. The van der Waals surface area contributed by atoms with Crippen molar-refractivity contribution in [3.05, 3.63) is 24.0 Å². The topological polar surface area (TPSA) is 248 Å². The van der Waals surface area contributed by atoms with Crippen molar-refractivity contribution in [2.75, 3.05) is 19.8 Å².